The fourth-order valence-electron chi connectivity index (χ4n) is 0.876. The molecule has 0 bridgehead atoms. The maximum absolute atomic E-state index is 10.6. The van der Waals surface area contributed by atoms with Gasteiger partial charge in [-0.2, -0.15) is 0 Å². The van der Waals surface area contributed by atoms with Crippen molar-refractivity contribution in [2.45, 2.75) is 4.90 Å². The SMILES string of the molecule is COc1c(Cl)cc(S(=O)(=O)[O-])cc1Cl.[Na+]. The van der Waals surface area contributed by atoms with Gasteiger partial charge < -0.3 is 9.29 Å². The van der Waals surface area contributed by atoms with Gasteiger partial charge >= 0.3 is 29.6 Å². The molecule has 8 heteroatoms. The summed E-state index contributed by atoms with van der Waals surface area (Å²) in [6.07, 6.45) is 0. The maximum Gasteiger partial charge on any atom is 1.00 e. The van der Waals surface area contributed by atoms with Crippen molar-refractivity contribution in [3.8, 4) is 5.75 Å². The second kappa shape index (κ2) is 5.72. The van der Waals surface area contributed by atoms with Crippen molar-refractivity contribution in [3.05, 3.63) is 22.2 Å². The third kappa shape index (κ3) is 3.78. The molecule has 0 aromatic heterocycles. The molecule has 0 fully saturated rings. The Morgan fingerprint density at radius 3 is 1.93 bits per heavy atom. The number of rotatable bonds is 2. The first kappa shape index (κ1) is 15.5. The van der Waals surface area contributed by atoms with E-state index in [1.165, 1.54) is 7.11 Å². The molecule has 0 atom stereocenters. The van der Waals surface area contributed by atoms with E-state index in [4.69, 9.17) is 27.9 Å². The Bertz CT molecular complexity index is 437. The normalized spacial score (nSPS) is 10.7. The third-order valence-electron chi connectivity index (χ3n) is 1.46. The number of methoxy groups -OCH3 is 1. The van der Waals surface area contributed by atoms with Crippen molar-refractivity contribution in [3.63, 3.8) is 0 Å². The van der Waals surface area contributed by atoms with E-state index in [0.717, 1.165) is 12.1 Å². The average Bonchev–Trinajstić information content (AvgIpc) is 2.01. The van der Waals surface area contributed by atoms with Crippen molar-refractivity contribution in [2.24, 2.45) is 0 Å². The predicted octanol–water partition coefficient (Wildman–Crippen LogP) is -1.09. The van der Waals surface area contributed by atoms with Crippen LogP contribution in [0.25, 0.3) is 0 Å². The Hall–Kier alpha value is 0.510. The van der Waals surface area contributed by atoms with E-state index in [2.05, 4.69) is 0 Å². The molecule has 0 spiro atoms. The molecule has 0 saturated carbocycles. The van der Waals surface area contributed by atoms with E-state index in [9.17, 15) is 13.0 Å². The molecule has 0 aliphatic heterocycles. The predicted molar refractivity (Wildman–Crippen MR) is 51.0 cm³/mol. The summed E-state index contributed by atoms with van der Waals surface area (Å²) in [6, 6.07) is 1.99. The van der Waals surface area contributed by atoms with Gasteiger partial charge in [-0.3, -0.25) is 0 Å². The first-order valence-electron chi connectivity index (χ1n) is 3.35. The largest absolute Gasteiger partial charge is 1.00 e. The van der Waals surface area contributed by atoms with Crippen molar-refractivity contribution >= 4 is 33.3 Å². The fraction of sp³-hybridized carbons (Fsp3) is 0.143. The summed E-state index contributed by atoms with van der Waals surface area (Å²) < 4.78 is 36.7. The van der Waals surface area contributed by atoms with Crippen molar-refractivity contribution < 1.29 is 47.3 Å². The Kier molecular flexibility index (Phi) is 5.92. The van der Waals surface area contributed by atoms with E-state index in [1.54, 1.807) is 0 Å². The van der Waals surface area contributed by atoms with Crippen LogP contribution < -0.4 is 34.3 Å². The van der Waals surface area contributed by atoms with Crippen molar-refractivity contribution in [1.29, 1.82) is 0 Å². The van der Waals surface area contributed by atoms with Crippen LogP contribution in [-0.4, -0.2) is 20.1 Å². The standard InChI is InChI=1S/C7H6Cl2O4S.Na/c1-13-7-5(8)2-4(3-6(7)9)14(10,11)12;/h2-3H,1H3,(H,10,11,12);/q;+1/p-1. The van der Waals surface area contributed by atoms with E-state index >= 15 is 0 Å². The number of hydrogen-bond acceptors (Lipinski definition) is 4. The molecule has 0 aliphatic carbocycles. The van der Waals surface area contributed by atoms with Crippen LogP contribution in [0, 0.1) is 0 Å². The smallest absolute Gasteiger partial charge is 0.744 e. The van der Waals surface area contributed by atoms with E-state index < -0.39 is 15.0 Å². The summed E-state index contributed by atoms with van der Waals surface area (Å²) >= 11 is 11.3. The molecule has 4 nitrogen and oxygen atoms in total. The molecule has 78 valence electrons. The maximum atomic E-state index is 10.6. The minimum absolute atomic E-state index is 0. The Morgan fingerprint density at radius 1 is 1.27 bits per heavy atom. The second-order valence-electron chi connectivity index (χ2n) is 2.37. The van der Waals surface area contributed by atoms with Crippen LogP contribution in [0.1, 0.15) is 0 Å². The van der Waals surface area contributed by atoms with Crippen LogP contribution in [0.5, 0.6) is 5.75 Å². The van der Waals surface area contributed by atoms with Gasteiger partial charge in [0.25, 0.3) is 0 Å². The average molecular weight is 279 g/mol. The first-order chi connectivity index (χ1) is 6.36. The van der Waals surface area contributed by atoms with Gasteiger partial charge in [0.1, 0.15) is 10.1 Å². The molecular weight excluding hydrogens is 274 g/mol. The molecule has 0 heterocycles. The van der Waals surface area contributed by atoms with Gasteiger partial charge in [-0.25, -0.2) is 8.42 Å². The summed E-state index contributed by atoms with van der Waals surface area (Å²) in [5.41, 5.74) is 0. The van der Waals surface area contributed by atoms with Crippen molar-refractivity contribution in [1.82, 2.24) is 0 Å². The van der Waals surface area contributed by atoms with E-state index in [-0.39, 0.29) is 45.4 Å². The van der Waals surface area contributed by atoms with Crippen LogP contribution in [0.3, 0.4) is 0 Å². The summed E-state index contributed by atoms with van der Waals surface area (Å²) in [5.74, 6) is 0.140. The van der Waals surface area contributed by atoms with Crippen molar-refractivity contribution in [2.75, 3.05) is 7.11 Å². The van der Waals surface area contributed by atoms with Gasteiger partial charge in [0, 0.05) is 0 Å². The molecule has 15 heavy (non-hydrogen) atoms. The zero-order chi connectivity index (χ0) is 10.9. The molecule has 0 aliphatic rings. The number of halogens is 2. The molecule has 0 saturated heterocycles. The second-order valence-corrected chi connectivity index (χ2v) is 4.57. The molecule has 0 unspecified atom stereocenters. The van der Waals surface area contributed by atoms with Crippen LogP contribution >= 0.6 is 23.2 Å². The minimum Gasteiger partial charge on any atom is -0.744 e. The number of benzene rings is 1. The summed E-state index contributed by atoms with van der Waals surface area (Å²) in [6.45, 7) is 0. The molecule has 0 amide bonds. The van der Waals surface area contributed by atoms with Gasteiger partial charge in [-0.15, -0.1) is 0 Å². The van der Waals surface area contributed by atoms with Crippen LogP contribution in [-0.2, 0) is 10.1 Å². The van der Waals surface area contributed by atoms with Gasteiger partial charge in [-0.05, 0) is 12.1 Å². The zero-order valence-corrected chi connectivity index (χ0v) is 12.3. The van der Waals surface area contributed by atoms with Crippen LogP contribution in [0.15, 0.2) is 17.0 Å². The summed E-state index contributed by atoms with van der Waals surface area (Å²) in [4.78, 5) is -0.478. The van der Waals surface area contributed by atoms with Crippen LogP contribution in [0.4, 0.5) is 0 Å². The first-order valence-corrected chi connectivity index (χ1v) is 5.51. The Balaban J connectivity index is 0.00000196. The van der Waals surface area contributed by atoms with Gasteiger partial charge in [0.05, 0.1) is 22.1 Å². The van der Waals surface area contributed by atoms with Gasteiger partial charge in [0.2, 0.25) is 0 Å². The topological polar surface area (TPSA) is 66.4 Å². The number of hydrogen-bond donors (Lipinski definition) is 0. The Labute approximate surface area is 120 Å². The van der Waals surface area contributed by atoms with Gasteiger partial charge in [-0.1, -0.05) is 23.2 Å². The van der Waals surface area contributed by atoms with Gasteiger partial charge in [0.15, 0.2) is 5.75 Å². The molecule has 0 N–H and O–H groups in total. The molecule has 1 aromatic rings. The third-order valence-corrected chi connectivity index (χ3v) is 2.84. The summed E-state index contributed by atoms with van der Waals surface area (Å²) in [5, 5.41) is -0.0381. The zero-order valence-electron chi connectivity index (χ0n) is 7.95. The van der Waals surface area contributed by atoms with Crippen LogP contribution in [0.2, 0.25) is 10.0 Å². The molecule has 1 aromatic carbocycles. The van der Waals surface area contributed by atoms with E-state index in [1.807, 2.05) is 0 Å². The monoisotopic (exact) mass is 278 g/mol. The summed E-state index contributed by atoms with van der Waals surface area (Å²) in [7, 11) is -3.22. The minimum atomic E-state index is -4.55. The quantitative estimate of drug-likeness (QED) is 0.509. The van der Waals surface area contributed by atoms with E-state index in [0.29, 0.717) is 0 Å². The number of ether oxygens (including phenoxy) is 1. The fourth-order valence-corrected chi connectivity index (χ4v) is 2.17. The molecular formula is C7H5Cl2NaO4S. The Morgan fingerprint density at radius 2 is 1.67 bits per heavy atom. The molecule has 1 rings (SSSR count). The molecule has 0 radical (unpaired) electrons.